The lowest BCUT2D eigenvalue weighted by Gasteiger charge is -2.17. The van der Waals surface area contributed by atoms with E-state index in [0.29, 0.717) is 6.42 Å². The van der Waals surface area contributed by atoms with Crippen LogP contribution in [0.4, 0.5) is 10.2 Å². The Balaban J connectivity index is 1.54. The van der Waals surface area contributed by atoms with Crippen LogP contribution in [0.1, 0.15) is 53.5 Å². The topological polar surface area (TPSA) is 51.2 Å². The number of nitrogens with one attached hydrogen (secondary N) is 1. The van der Waals surface area contributed by atoms with E-state index in [2.05, 4.69) is 39.0 Å². The van der Waals surface area contributed by atoms with Crippen molar-refractivity contribution in [3.8, 4) is 0 Å². The Morgan fingerprint density at radius 1 is 1.38 bits per heavy atom. The number of carbonyl (C=O) groups excluding carboxylic acids is 1. The lowest BCUT2D eigenvalue weighted by Crippen LogP contribution is -2.11. The third-order valence-corrected chi connectivity index (χ3v) is 6.48. The summed E-state index contributed by atoms with van der Waals surface area (Å²) in [6.07, 6.45) is 5.89. The standard InChI is InChI=1S/C20H20FIN2O2/c1-26-19(25)9-12-3-2-11-8-18(23-10-14(11)12)24-17-7-4-13-16(22)6-5-15(21)20(13)17/h5-6,8,10,12,17H,2-4,7,9H2,1H3,(H,23,24)/t12?,17-/m1/s1. The van der Waals surface area contributed by atoms with Gasteiger partial charge >= 0.3 is 5.97 Å². The molecular formula is C20H20FIN2O2. The molecule has 1 unspecified atom stereocenters. The number of halogens is 2. The molecule has 2 aliphatic carbocycles. The van der Waals surface area contributed by atoms with Gasteiger partial charge in [-0.3, -0.25) is 4.79 Å². The van der Waals surface area contributed by atoms with Crippen molar-refractivity contribution in [2.75, 3.05) is 12.4 Å². The number of ether oxygens (including phenoxy) is 1. The van der Waals surface area contributed by atoms with Crippen LogP contribution < -0.4 is 5.32 Å². The largest absolute Gasteiger partial charge is 0.469 e. The molecule has 6 heteroatoms. The van der Waals surface area contributed by atoms with Crippen LogP contribution in [0, 0.1) is 9.39 Å². The predicted octanol–water partition coefficient (Wildman–Crippen LogP) is 4.52. The third kappa shape index (κ3) is 3.19. The number of aromatic nitrogens is 1. The number of fused-ring (bicyclic) bond motifs is 2. The molecule has 0 aliphatic heterocycles. The molecule has 0 bridgehead atoms. The molecule has 1 heterocycles. The molecule has 0 saturated heterocycles. The van der Waals surface area contributed by atoms with E-state index in [4.69, 9.17) is 4.74 Å². The lowest BCUT2D eigenvalue weighted by molar-refractivity contribution is -0.141. The Morgan fingerprint density at radius 3 is 3.04 bits per heavy atom. The minimum atomic E-state index is -0.183. The van der Waals surface area contributed by atoms with E-state index in [9.17, 15) is 9.18 Å². The van der Waals surface area contributed by atoms with Crippen LogP contribution in [-0.2, 0) is 22.4 Å². The number of aryl methyl sites for hydroxylation is 1. The molecule has 0 spiro atoms. The Kier molecular flexibility index (Phi) is 4.86. The number of pyridine rings is 1. The van der Waals surface area contributed by atoms with E-state index >= 15 is 0 Å². The van der Waals surface area contributed by atoms with Crippen molar-refractivity contribution in [1.29, 1.82) is 0 Å². The van der Waals surface area contributed by atoms with Crippen LogP contribution in [0.2, 0.25) is 0 Å². The number of anilines is 1. The number of esters is 1. The van der Waals surface area contributed by atoms with Gasteiger partial charge in [0, 0.05) is 15.3 Å². The molecule has 26 heavy (non-hydrogen) atoms. The second-order valence-electron chi connectivity index (χ2n) is 6.94. The zero-order valence-corrected chi connectivity index (χ0v) is 16.7. The minimum absolute atomic E-state index is 0.0439. The van der Waals surface area contributed by atoms with Crippen LogP contribution in [0.3, 0.4) is 0 Å². The molecule has 0 saturated carbocycles. The van der Waals surface area contributed by atoms with Crippen molar-refractivity contribution in [3.05, 3.63) is 56.0 Å². The average Bonchev–Trinajstić information content (AvgIpc) is 3.23. The van der Waals surface area contributed by atoms with Crippen molar-refractivity contribution < 1.29 is 13.9 Å². The molecule has 4 nitrogen and oxygen atoms in total. The average molecular weight is 466 g/mol. The zero-order valence-electron chi connectivity index (χ0n) is 14.5. The van der Waals surface area contributed by atoms with Gasteiger partial charge in [-0.2, -0.15) is 0 Å². The summed E-state index contributed by atoms with van der Waals surface area (Å²) in [7, 11) is 1.42. The minimum Gasteiger partial charge on any atom is -0.469 e. The summed E-state index contributed by atoms with van der Waals surface area (Å²) >= 11 is 2.27. The van der Waals surface area contributed by atoms with Crippen molar-refractivity contribution in [1.82, 2.24) is 4.98 Å². The highest BCUT2D eigenvalue weighted by atomic mass is 127. The summed E-state index contributed by atoms with van der Waals surface area (Å²) in [5.41, 5.74) is 4.25. The summed E-state index contributed by atoms with van der Waals surface area (Å²) in [6.45, 7) is 0. The molecule has 0 fully saturated rings. The number of methoxy groups -OCH3 is 1. The fourth-order valence-corrected chi connectivity index (χ4v) is 4.89. The highest BCUT2D eigenvalue weighted by molar-refractivity contribution is 14.1. The Labute approximate surface area is 165 Å². The maximum Gasteiger partial charge on any atom is 0.306 e. The SMILES string of the molecule is COC(=O)CC1CCc2cc(N[C@@H]3CCc4c(I)ccc(F)c43)ncc21. The summed E-state index contributed by atoms with van der Waals surface area (Å²) in [5, 5.41) is 3.42. The number of hydrogen-bond donors (Lipinski definition) is 1. The second-order valence-corrected chi connectivity index (χ2v) is 8.10. The van der Waals surface area contributed by atoms with Crippen LogP contribution in [0.25, 0.3) is 0 Å². The predicted molar refractivity (Wildman–Crippen MR) is 106 cm³/mol. The molecule has 1 aromatic heterocycles. The van der Waals surface area contributed by atoms with Gasteiger partial charge in [0.15, 0.2) is 0 Å². The monoisotopic (exact) mass is 466 g/mol. The van der Waals surface area contributed by atoms with Gasteiger partial charge in [0.1, 0.15) is 11.6 Å². The van der Waals surface area contributed by atoms with E-state index in [1.54, 1.807) is 6.07 Å². The summed E-state index contributed by atoms with van der Waals surface area (Å²) in [5.74, 6) is 0.635. The van der Waals surface area contributed by atoms with Gasteiger partial charge in [-0.05, 0) is 89.1 Å². The van der Waals surface area contributed by atoms with E-state index in [0.717, 1.165) is 51.8 Å². The molecule has 2 aliphatic rings. The Hall–Kier alpha value is -1.70. The Bertz CT molecular complexity index is 871. The molecule has 0 radical (unpaired) electrons. The van der Waals surface area contributed by atoms with Gasteiger partial charge in [-0.25, -0.2) is 9.37 Å². The van der Waals surface area contributed by atoms with Crippen LogP contribution >= 0.6 is 22.6 Å². The number of carbonyl (C=O) groups is 1. The maximum absolute atomic E-state index is 14.3. The lowest BCUT2D eigenvalue weighted by atomic mass is 9.99. The van der Waals surface area contributed by atoms with Crippen LogP contribution in [-0.4, -0.2) is 18.1 Å². The first-order valence-corrected chi connectivity index (χ1v) is 9.93. The number of nitrogens with zero attached hydrogens (tertiary/aromatic N) is 1. The fourth-order valence-electron chi connectivity index (χ4n) is 4.15. The first-order chi connectivity index (χ1) is 12.6. The van der Waals surface area contributed by atoms with E-state index < -0.39 is 0 Å². The first-order valence-electron chi connectivity index (χ1n) is 8.85. The molecule has 136 valence electrons. The quantitative estimate of drug-likeness (QED) is 0.532. The molecule has 0 amide bonds. The van der Waals surface area contributed by atoms with Gasteiger partial charge in [0.05, 0.1) is 19.6 Å². The first kappa shape index (κ1) is 17.7. The molecule has 1 aromatic carbocycles. The van der Waals surface area contributed by atoms with E-state index in [1.165, 1.54) is 12.7 Å². The Morgan fingerprint density at radius 2 is 2.23 bits per heavy atom. The van der Waals surface area contributed by atoms with Crippen molar-refractivity contribution in [2.45, 2.75) is 44.1 Å². The molecule has 2 atom stereocenters. The second kappa shape index (κ2) is 7.13. The number of rotatable bonds is 4. The van der Waals surface area contributed by atoms with Gasteiger partial charge in [0.2, 0.25) is 0 Å². The molecule has 4 rings (SSSR count). The van der Waals surface area contributed by atoms with Crippen molar-refractivity contribution in [3.63, 3.8) is 0 Å². The maximum atomic E-state index is 14.3. The van der Waals surface area contributed by atoms with Gasteiger partial charge in [-0.1, -0.05) is 0 Å². The smallest absolute Gasteiger partial charge is 0.306 e. The van der Waals surface area contributed by atoms with Crippen molar-refractivity contribution >= 4 is 34.4 Å². The van der Waals surface area contributed by atoms with Crippen LogP contribution in [0.15, 0.2) is 24.4 Å². The summed E-state index contributed by atoms with van der Waals surface area (Å²) < 4.78 is 20.2. The highest BCUT2D eigenvalue weighted by Gasteiger charge is 2.29. The number of hydrogen-bond acceptors (Lipinski definition) is 4. The summed E-state index contributed by atoms with van der Waals surface area (Å²) in [4.78, 5) is 16.1. The van der Waals surface area contributed by atoms with Gasteiger partial charge < -0.3 is 10.1 Å². The van der Waals surface area contributed by atoms with Gasteiger partial charge in [0.25, 0.3) is 0 Å². The van der Waals surface area contributed by atoms with Gasteiger partial charge in [-0.15, -0.1) is 0 Å². The number of benzene rings is 1. The molecular weight excluding hydrogens is 446 g/mol. The molecule has 2 aromatic rings. The van der Waals surface area contributed by atoms with E-state index in [-0.39, 0.29) is 23.7 Å². The highest BCUT2D eigenvalue weighted by Crippen LogP contribution is 2.40. The molecule has 1 N–H and O–H groups in total. The third-order valence-electron chi connectivity index (χ3n) is 5.47. The van der Waals surface area contributed by atoms with Crippen molar-refractivity contribution in [2.24, 2.45) is 0 Å². The fraction of sp³-hybridized carbons (Fsp3) is 0.400. The normalized spacial score (nSPS) is 20.6. The zero-order chi connectivity index (χ0) is 18.3. The summed E-state index contributed by atoms with van der Waals surface area (Å²) in [6, 6.07) is 5.40. The van der Waals surface area contributed by atoms with E-state index in [1.807, 2.05) is 12.3 Å². The van der Waals surface area contributed by atoms with Crippen LogP contribution in [0.5, 0.6) is 0 Å².